The van der Waals surface area contributed by atoms with Gasteiger partial charge in [0.2, 0.25) is 5.91 Å². The van der Waals surface area contributed by atoms with E-state index in [0.29, 0.717) is 37.3 Å². The Kier molecular flexibility index (Phi) is 5.64. The third-order valence-corrected chi connectivity index (χ3v) is 5.96. The molecule has 1 heterocycles. The molecule has 1 fully saturated rings. The number of hydrogen-bond donors (Lipinski definition) is 1. The lowest BCUT2D eigenvalue weighted by atomic mass is 9.95. The molecule has 1 aliphatic heterocycles. The number of nitrogens with one attached hydrogen (secondary N) is 1. The monoisotopic (exact) mass is 403 g/mol. The summed E-state index contributed by atoms with van der Waals surface area (Å²) in [7, 11) is -3.28. The van der Waals surface area contributed by atoms with E-state index in [2.05, 4.69) is 5.32 Å². The molecule has 1 aliphatic rings. The molecule has 8 nitrogen and oxygen atoms in total. The SMILES string of the molecule is CS(=O)(=O)c1ccc(NC(=O)C2CCN(c3ccccc3[N+](=O)[O-])CC2)cc1. The summed E-state index contributed by atoms with van der Waals surface area (Å²) in [5, 5.41) is 14.0. The number of benzene rings is 2. The fourth-order valence-corrected chi connectivity index (χ4v) is 3.93. The number of carbonyl (C=O) groups excluding carboxylic acids is 1. The molecule has 1 N–H and O–H groups in total. The average molecular weight is 403 g/mol. The third kappa shape index (κ3) is 4.48. The van der Waals surface area contributed by atoms with Crippen molar-refractivity contribution >= 4 is 32.8 Å². The Hall–Kier alpha value is -2.94. The number of carbonyl (C=O) groups is 1. The number of amides is 1. The lowest BCUT2D eigenvalue weighted by Crippen LogP contribution is -2.38. The van der Waals surface area contributed by atoms with Crippen LogP contribution in [-0.2, 0) is 14.6 Å². The van der Waals surface area contributed by atoms with Gasteiger partial charge in [0.05, 0.1) is 9.82 Å². The summed E-state index contributed by atoms with van der Waals surface area (Å²) in [5.74, 6) is -0.331. The van der Waals surface area contributed by atoms with Gasteiger partial charge in [-0.1, -0.05) is 12.1 Å². The van der Waals surface area contributed by atoms with E-state index in [1.165, 1.54) is 18.2 Å². The highest BCUT2D eigenvalue weighted by Crippen LogP contribution is 2.31. The minimum atomic E-state index is -3.28. The fourth-order valence-electron chi connectivity index (χ4n) is 3.30. The Bertz CT molecular complexity index is 981. The van der Waals surface area contributed by atoms with Crippen LogP contribution in [0.25, 0.3) is 0 Å². The number of nitrogens with zero attached hydrogens (tertiary/aromatic N) is 2. The van der Waals surface area contributed by atoms with E-state index in [1.54, 1.807) is 30.3 Å². The quantitative estimate of drug-likeness (QED) is 0.607. The summed E-state index contributed by atoms with van der Waals surface area (Å²) in [6.45, 7) is 1.10. The average Bonchev–Trinajstić information content (AvgIpc) is 2.68. The van der Waals surface area contributed by atoms with Crippen molar-refractivity contribution in [1.29, 1.82) is 0 Å². The normalized spacial score (nSPS) is 15.2. The van der Waals surface area contributed by atoms with Crippen LogP contribution >= 0.6 is 0 Å². The van der Waals surface area contributed by atoms with Gasteiger partial charge in [-0.15, -0.1) is 0 Å². The van der Waals surface area contributed by atoms with Crippen LogP contribution in [0.4, 0.5) is 17.1 Å². The summed E-state index contributed by atoms with van der Waals surface area (Å²) in [6, 6.07) is 12.7. The van der Waals surface area contributed by atoms with Gasteiger partial charge < -0.3 is 10.2 Å². The summed E-state index contributed by atoms with van der Waals surface area (Å²) < 4.78 is 23.0. The molecular formula is C19H21N3O5S. The third-order valence-electron chi connectivity index (χ3n) is 4.83. The van der Waals surface area contributed by atoms with Gasteiger partial charge in [0.1, 0.15) is 5.69 Å². The largest absolute Gasteiger partial charge is 0.366 e. The zero-order valence-corrected chi connectivity index (χ0v) is 16.2. The van der Waals surface area contributed by atoms with Crippen LogP contribution in [0.5, 0.6) is 0 Å². The maximum atomic E-state index is 12.5. The highest BCUT2D eigenvalue weighted by molar-refractivity contribution is 7.90. The van der Waals surface area contributed by atoms with E-state index in [9.17, 15) is 23.3 Å². The lowest BCUT2D eigenvalue weighted by molar-refractivity contribution is -0.384. The van der Waals surface area contributed by atoms with Crippen LogP contribution in [0, 0.1) is 16.0 Å². The summed E-state index contributed by atoms with van der Waals surface area (Å²) in [6.07, 6.45) is 2.30. The van der Waals surface area contributed by atoms with Crippen LogP contribution in [0.2, 0.25) is 0 Å². The van der Waals surface area contributed by atoms with Crippen molar-refractivity contribution in [3.8, 4) is 0 Å². The maximum Gasteiger partial charge on any atom is 0.292 e. The smallest absolute Gasteiger partial charge is 0.292 e. The Morgan fingerprint density at radius 3 is 2.29 bits per heavy atom. The van der Waals surface area contributed by atoms with Gasteiger partial charge in [-0.05, 0) is 43.2 Å². The van der Waals surface area contributed by atoms with E-state index in [1.807, 2.05) is 4.90 Å². The van der Waals surface area contributed by atoms with E-state index < -0.39 is 14.8 Å². The van der Waals surface area contributed by atoms with Crippen molar-refractivity contribution in [2.75, 3.05) is 29.6 Å². The molecule has 28 heavy (non-hydrogen) atoms. The van der Waals surface area contributed by atoms with Gasteiger partial charge in [-0.2, -0.15) is 0 Å². The zero-order chi connectivity index (χ0) is 20.3. The number of sulfone groups is 1. The lowest BCUT2D eigenvalue weighted by Gasteiger charge is -2.32. The zero-order valence-electron chi connectivity index (χ0n) is 15.4. The van der Waals surface area contributed by atoms with Gasteiger partial charge in [-0.3, -0.25) is 14.9 Å². The fraction of sp³-hybridized carbons (Fsp3) is 0.316. The topological polar surface area (TPSA) is 110 Å². The molecule has 0 saturated carbocycles. The van der Waals surface area contributed by atoms with E-state index in [-0.39, 0.29) is 22.4 Å². The van der Waals surface area contributed by atoms with Crippen LogP contribution in [0.3, 0.4) is 0 Å². The molecule has 0 unspecified atom stereocenters. The molecule has 3 rings (SSSR count). The Morgan fingerprint density at radius 2 is 1.71 bits per heavy atom. The van der Waals surface area contributed by atoms with Crippen molar-refractivity contribution in [3.05, 3.63) is 58.6 Å². The predicted molar refractivity (Wildman–Crippen MR) is 106 cm³/mol. The Morgan fingerprint density at radius 1 is 1.11 bits per heavy atom. The number of nitro benzene ring substituents is 1. The van der Waals surface area contributed by atoms with Gasteiger partial charge in [-0.25, -0.2) is 8.42 Å². The number of para-hydroxylation sites is 2. The summed E-state index contributed by atoms with van der Waals surface area (Å²) >= 11 is 0. The Labute approximate surface area is 163 Å². The molecular weight excluding hydrogens is 382 g/mol. The number of piperidine rings is 1. The van der Waals surface area contributed by atoms with Crippen LogP contribution in [-0.4, -0.2) is 38.6 Å². The minimum Gasteiger partial charge on any atom is -0.366 e. The van der Waals surface area contributed by atoms with E-state index >= 15 is 0 Å². The number of anilines is 2. The van der Waals surface area contributed by atoms with Gasteiger partial charge in [0.15, 0.2) is 9.84 Å². The minimum absolute atomic E-state index is 0.0661. The van der Waals surface area contributed by atoms with Gasteiger partial charge in [0.25, 0.3) is 5.69 Å². The second-order valence-electron chi connectivity index (χ2n) is 6.79. The van der Waals surface area contributed by atoms with E-state index in [4.69, 9.17) is 0 Å². The first-order valence-corrected chi connectivity index (χ1v) is 10.7. The van der Waals surface area contributed by atoms with Crippen molar-refractivity contribution in [1.82, 2.24) is 0 Å². The summed E-state index contributed by atoms with van der Waals surface area (Å²) in [5.41, 5.74) is 1.18. The second-order valence-corrected chi connectivity index (χ2v) is 8.81. The molecule has 0 aliphatic carbocycles. The molecule has 1 amide bonds. The van der Waals surface area contributed by atoms with Crippen LogP contribution in [0.15, 0.2) is 53.4 Å². The van der Waals surface area contributed by atoms with Gasteiger partial charge in [0, 0.05) is 37.0 Å². The van der Waals surface area contributed by atoms with Crippen molar-refractivity contribution in [3.63, 3.8) is 0 Å². The standard InChI is InChI=1S/C19H21N3O5S/c1-28(26,27)16-8-6-15(7-9-16)20-19(23)14-10-12-21(13-11-14)17-4-2-3-5-18(17)22(24)25/h2-9,14H,10-13H2,1H3,(H,20,23). The van der Waals surface area contributed by atoms with Crippen molar-refractivity contribution < 1.29 is 18.1 Å². The van der Waals surface area contributed by atoms with Crippen LogP contribution < -0.4 is 10.2 Å². The molecule has 0 atom stereocenters. The first-order valence-electron chi connectivity index (χ1n) is 8.85. The summed E-state index contributed by atoms with van der Waals surface area (Å²) in [4.78, 5) is 25.5. The van der Waals surface area contributed by atoms with Crippen molar-refractivity contribution in [2.24, 2.45) is 5.92 Å². The first kappa shape index (κ1) is 19.8. The molecule has 0 spiro atoms. The molecule has 2 aromatic carbocycles. The van der Waals surface area contributed by atoms with Crippen molar-refractivity contribution in [2.45, 2.75) is 17.7 Å². The maximum absolute atomic E-state index is 12.5. The number of rotatable bonds is 5. The molecule has 0 aromatic heterocycles. The Balaban J connectivity index is 1.61. The highest BCUT2D eigenvalue weighted by atomic mass is 32.2. The first-order chi connectivity index (χ1) is 13.3. The molecule has 2 aromatic rings. The second kappa shape index (κ2) is 7.97. The van der Waals surface area contributed by atoms with Gasteiger partial charge >= 0.3 is 0 Å². The number of nitro groups is 1. The predicted octanol–water partition coefficient (Wildman–Crippen LogP) is 2.85. The molecule has 148 valence electrons. The van der Waals surface area contributed by atoms with E-state index in [0.717, 1.165) is 6.26 Å². The number of hydrogen-bond acceptors (Lipinski definition) is 6. The highest BCUT2D eigenvalue weighted by Gasteiger charge is 2.28. The molecule has 0 radical (unpaired) electrons. The molecule has 1 saturated heterocycles. The molecule has 9 heteroatoms. The molecule has 0 bridgehead atoms. The van der Waals surface area contributed by atoms with Crippen LogP contribution in [0.1, 0.15) is 12.8 Å².